The Kier molecular flexibility index (Phi) is 4.82. The van der Waals surface area contributed by atoms with Gasteiger partial charge in [0.15, 0.2) is 0 Å². The van der Waals surface area contributed by atoms with Gasteiger partial charge in [0, 0.05) is 49.0 Å². The zero-order chi connectivity index (χ0) is 16.9. The lowest BCUT2D eigenvalue weighted by atomic mass is 10.0. The molecule has 0 saturated heterocycles. The van der Waals surface area contributed by atoms with Crippen molar-refractivity contribution < 1.29 is 9.50 Å². The summed E-state index contributed by atoms with van der Waals surface area (Å²) in [6.45, 7) is 0.454. The highest BCUT2D eigenvalue weighted by molar-refractivity contribution is 5.63. The van der Waals surface area contributed by atoms with Crippen LogP contribution in [0.2, 0.25) is 0 Å². The smallest absolute Gasteiger partial charge is 0.131 e. The maximum atomic E-state index is 14.4. The van der Waals surface area contributed by atoms with Gasteiger partial charge in [0.2, 0.25) is 0 Å². The second-order valence-electron chi connectivity index (χ2n) is 5.58. The minimum absolute atomic E-state index is 0.101. The molecule has 0 atom stereocenters. The van der Waals surface area contributed by atoms with Gasteiger partial charge in [-0.25, -0.2) is 4.39 Å². The van der Waals surface area contributed by atoms with Gasteiger partial charge in [-0.15, -0.1) is 0 Å². The lowest BCUT2D eigenvalue weighted by Gasteiger charge is -2.20. The van der Waals surface area contributed by atoms with Crippen molar-refractivity contribution in [2.24, 2.45) is 0 Å². The average molecular weight is 323 g/mol. The van der Waals surface area contributed by atoms with Gasteiger partial charge in [0.05, 0.1) is 12.3 Å². The molecule has 3 rings (SSSR count). The van der Waals surface area contributed by atoms with Crippen LogP contribution in [0.4, 0.5) is 10.1 Å². The SMILES string of the molecule is CN(Cc1ccc(-c2cccnc2)c(F)c1)c1ccnc(CO)c1. The molecule has 5 heteroatoms. The van der Waals surface area contributed by atoms with Gasteiger partial charge >= 0.3 is 0 Å². The highest BCUT2D eigenvalue weighted by Gasteiger charge is 2.09. The number of nitrogens with zero attached hydrogens (tertiary/aromatic N) is 3. The molecule has 0 amide bonds. The van der Waals surface area contributed by atoms with Gasteiger partial charge < -0.3 is 10.0 Å². The number of halogens is 1. The van der Waals surface area contributed by atoms with Gasteiger partial charge in [-0.1, -0.05) is 18.2 Å². The van der Waals surface area contributed by atoms with Crippen molar-refractivity contribution in [3.63, 3.8) is 0 Å². The van der Waals surface area contributed by atoms with E-state index < -0.39 is 0 Å². The Bertz CT molecular complexity index is 824. The third-order valence-electron chi connectivity index (χ3n) is 3.83. The van der Waals surface area contributed by atoms with Gasteiger partial charge in [-0.2, -0.15) is 0 Å². The lowest BCUT2D eigenvalue weighted by molar-refractivity contribution is 0.277. The number of aliphatic hydroxyl groups is 1. The zero-order valence-corrected chi connectivity index (χ0v) is 13.4. The molecule has 2 aromatic heterocycles. The monoisotopic (exact) mass is 323 g/mol. The first kappa shape index (κ1) is 16.1. The summed E-state index contributed by atoms with van der Waals surface area (Å²) >= 11 is 0. The van der Waals surface area contributed by atoms with E-state index in [-0.39, 0.29) is 12.4 Å². The second-order valence-corrected chi connectivity index (χ2v) is 5.58. The molecule has 0 bridgehead atoms. The molecule has 1 aromatic carbocycles. The molecule has 0 aliphatic rings. The maximum absolute atomic E-state index is 14.4. The molecular weight excluding hydrogens is 305 g/mol. The summed E-state index contributed by atoms with van der Waals surface area (Å²) in [5, 5.41) is 9.17. The molecule has 4 nitrogen and oxygen atoms in total. The topological polar surface area (TPSA) is 49.2 Å². The average Bonchev–Trinajstić information content (AvgIpc) is 2.62. The third kappa shape index (κ3) is 3.58. The molecule has 0 saturated carbocycles. The molecule has 24 heavy (non-hydrogen) atoms. The van der Waals surface area contributed by atoms with Gasteiger partial charge in [0.25, 0.3) is 0 Å². The number of benzene rings is 1. The van der Waals surface area contributed by atoms with E-state index >= 15 is 0 Å². The molecule has 0 aliphatic carbocycles. The van der Waals surface area contributed by atoms with E-state index in [2.05, 4.69) is 9.97 Å². The van der Waals surface area contributed by atoms with E-state index in [1.54, 1.807) is 36.8 Å². The van der Waals surface area contributed by atoms with Crippen LogP contribution in [0, 0.1) is 5.82 Å². The molecule has 0 aliphatic heterocycles. The fraction of sp³-hybridized carbons (Fsp3) is 0.158. The first-order valence-corrected chi connectivity index (χ1v) is 7.63. The predicted octanol–water partition coefficient (Wildman–Crippen LogP) is 3.41. The van der Waals surface area contributed by atoms with Crippen LogP contribution in [0.3, 0.4) is 0 Å². The van der Waals surface area contributed by atoms with Gasteiger partial charge in [0.1, 0.15) is 5.82 Å². The summed E-state index contributed by atoms with van der Waals surface area (Å²) in [7, 11) is 1.92. The number of pyridine rings is 2. The van der Waals surface area contributed by atoms with Crippen LogP contribution in [-0.4, -0.2) is 22.1 Å². The van der Waals surface area contributed by atoms with E-state index in [4.69, 9.17) is 0 Å². The largest absolute Gasteiger partial charge is 0.390 e. The highest BCUT2D eigenvalue weighted by atomic mass is 19.1. The number of hydrogen-bond donors (Lipinski definition) is 1. The molecule has 0 spiro atoms. The second kappa shape index (κ2) is 7.19. The Balaban J connectivity index is 1.79. The van der Waals surface area contributed by atoms with Crippen LogP contribution >= 0.6 is 0 Å². The highest BCUT2D eigenvalue weighted by Crippen LogP contribution is 2.24. The van der Waals surface area contributed by atoms with Crippen LogP contribution in [0.15, 0.2) is 61.1 Å². The molecule has 0 fully saturated rings. The Hall–Kier alpha value is -2.79. The van der Waals surface area contributed by atoms with Crippen LogP contribution in [0.5, 0.6) is 0 Å². The van der Waals surface area contributed by atoms with Crippen molar-refractivity contribution in [2.75, 3.05) is 11.9 Å². The van der Waals surface area contributed by atoms with Crippen LogP contribution in [0.25, 0.3) is 11.1 Å². The number of aliphatic hydroxyl groups excluding tert-OH is 1. The Morgan fingerprint density at radius 3 is 2.71 bits per heavy atom. The van der Waals surface area contributed by atoms with E-state index in [1.807, 2.05) is 36.2 Å². The maximum Gasteiger partial charge on any atom is 0.131 e. The fourth-order valence-electron chi connectivity index (χ4n) is 2.57. The summed E-state index contributed by atoms with van der Waals surface area (Å²) in [5.41, 5.74) is 3.70. The first-order valence-electron chi connectivity index (χ1n) is 7.63. The van der Waals surface area contributed by atoms with E-state index in [0.717, 1.165) is 16.8 Å². The van der Waals surface area contributed by atoms with Crippen molar-refractivity contribution in [1.29, 1.82) is 0 Å². The zero-order valence-electron chi connectivity index (χ0n) is 13.4. The van der Waals surface area contributed by atoms with Crippen molar-refractivity contribution >= 4 is 5.69 Å². The number of anilines is 1. The van der Waals surface area contributed by atoms with Crippen molar-refractivity contribution in [3.05, 3.63) is 78.1 Å². The number of aromatic nitrogens is 2. The molecule has 122 valence electrons. The quantitative estimate of drug-likeness (QED) is 0.782. The van der Waals surface area contributed by atoms with Crippen LogP contribution in [-0.2, 0) is 13.2 Å². The normalized spacial score (nSPS) is 10.6. The Morgan fingerprint density at radius 2 is 2.00 bits per heavy atom. The summed E-state index contributed by atoms with van der Waals surface area (Å²) in [4.78, 5) is 10.1. The molecule has 1 N–H and O–H groups in total. The summed E-state index contributed by atoms with van der Waals surface area (Å²) < 4.78 is 14.4. The van der Waals surface area contributed by atoms with E-state index in [0.29, 0.717) is 17.8 Å². The Morgan fingerprint density at radius 1 is 1.12 bits per heavy atom. The van der Waals surface area contributed by atoms with Crippen molar-refractivity contribution in [1.82, 2.24) is 9.97 Å². The summed E-state index contributed by atoms with van der Waals surface area (Å²) in [6, 6.07) is 12.5. The summed E-state index contributed by atoms with van der Waals surface area (Å²) in [6.07, 6.45) is 4.97. The van der Waals surface area contributed by atoms with E-state index in [9.17, 15) is 9.50 Å². The third-order valence-corrected chi connectivity index (χ3v) is 3.83. The standard InChI is InChI=1S/C19H18FN3O/c1-23(17-6-8-22-16(10-17)13-24)12-14-4-5-18(19(20)9-14)15-3-2-7-21-11-15/h2-11,24H,12-13H2,1H3. The molecule has 3 aromatic rings. The molecule has 0 unspecified atom stereocenters. The molecular formula is C19H18FN3O. The van der Waals surface area contributed by atoms with Crippen LogP contribution < -0.4 is 4.90 Å². The van der Waals surface area contributed by atoms with E-state index in [1.165, 1.54) is 0 Å². The first-order chi connectivity index (χ1) is 11.7. The number of hydrogen-bond acceptors (Lipinski definition) is 4. The Labute approximate surface area is 140 Å². The predicted molar refractivity (Wildman–Crippen MR) is 91.9 cm³/mol. The lowest BCUT2D eigenvalue weighted by Crippen LogP contribution is -2.16. The van der Waals surface area contributed by atoms with Crippen molar-refractivity contribution in [2.45, 2.75) is 13.2 Å². The minimum Gasteiger partial charge on any atom is -0.390 e. The summed E-state index contributed by atoms with van der Waals surface area (Å²) in [5.74, 6) is -0.264. The van der Waals surface area contributed by atoms with Gasteiger partial charge in [-0.3, -0.25) is 9.97 Å². The minimum atomic E-state index is -0.264. The van der Waals surface area contributed by atoms with Crippen LogP contribution in [0.1, 0.15) is 11.3 Å². The number of rotatable bonds is 5. The fourth-order valence-corrected chi connectivity index (χ4v) is 2.57. The molecule has 0 radical (unpaired) electrons. The molecule has 2 heterocycles. The van der Waals surface area contributed by atoms with Crippen molar-refractivity contribution in [3.8, 4) is 11.1 Å². The van der Waals surface area contributed by atoms with Gasteiger partial charge in [-0.05, 0) is 29.8 Å².